The number of rotatable bonds is 8. The van der Waals surface area contributed by atoms with E-state index in [4.69, 9.17) is 4.42 Å². The number of likely N-dealkylation sites (tertiary alicyclic amines) is 1. The first-order chi connectivity index (χ1) is 18.2. The van der Waals surface area contributed by atoms with Crippen LogP contribution >= 0.6 is 0 Å². The van der Waals surface area contributed by atoms with Crippen LogP contribution in [0.1, 0.15) is 24.2 Å². The van der Waals surface area contributed by atoms with Gasteiger partial charge in [-0.3, -0.25) is 9.36 Å². The van der Waals surface area contributed by atoms with Crippen LogP contribution in [0.15, 0.2) is 69.0 Å². The Kier molecular flexibility index (Phi) is 7.17. The van der Waals surface area contributed by atoms with Crippen molar-refractivity contribution in [1.82, 2.24) is 28.5 Å². The highest BCUT2D eigenvalue weighted by atomic mass is 32.2. The summed E-state index contributed by atoms with van der Waals surface area (Å²) in [5.41, 5.74) is 1.83. The van der Waals surface area contributed by atoms with Crippen molar-refractivity contribution < 1.29 is 17.6 Å². The lowest BCUT2D eigenvalue weighted by Crippen LogP contribution is -2.46. The van der Waals surface area contributed by atoms with E-state index in [0.29, 0.717) is 31.6 Å². The number of carbonyl (C=O) groups is 1. The molecule has 4 aromatic rings. The molecule has 1 atom stereocenters. The lowest BCUT2D eigenvalue weighted by molar-refractivity contribution is -0.133. The first-order valence-corrected chi connectivity index (χ1v) is 13.9. The summed E-state index contributed by atoms with van der Waals surface area (Å²) < 4.78 is 35.8. The summed E-state index contributed by atoms with van der Waals surface area (Å²) in [5.74, 6) is 0.252. The fourth-order valence-electron chi connectivity index (χ4n) is 4.90. The Morgan fingerprint density at radius 3 is 2.76 bits per heavy atom. The van der Waals surface area contributed by atoms with Gasteiger partial charge in [-0.15, -0.1) is 10.2 Å². The van der Waals surface area contributed by atoms with Gasteiger partial charge in [0.15, 0.2) is 5.58 Å². The molecule has 1 unspecified atom stereocenters. The summed E-state index contributed by atoms with van der Waals surface area (Å²) >= 11 is 0. The van der Waals surface area contributed by atoms with Crippen LogP contribution in [0.5, 0.6) is 0 Å². The Hall–Kier alpha value is -3.77. The van der Waals surface area contributed by atoms with Gasteiger partial charge >= 0.3 is 5.76 Å². The Bertz CT molecular complexity index is 1610. The highest BCUT2D eigenvalue weighted by Crippen LogP contribution is 2.23. The molecule has 11 nitrogen and oxygen atoms in total. The predicted octanol–water partition coefficient (Wildman–Crippen LogP) is 1.87. The number of amides is 1. The maximum absolute atomic E-state index is 13.2. The largest absolute Gasteiger partial charge is 0.419 e. The monoisotopic (exact) mass is 538 g/mol. The van der Waals surface area contributed by atoms with E-state index in [1.807, 2.05) is 22.8 Å². The number of hydrogen-bond acceptors (Lipinski definition) is 7. The van der Waals surface area contributed by atoms with Crippen molar-refractivity contribution >= 4 is 27.0 Å². The molecular formula is C26H30N6O5S. The van der Waals surface area contributed by atoms with Crippen LogP contribution in [-0.2, 0) is 34.8 Å². The smallest absolute Gasteiger partial charge is 0.408 e. The van der Waals surface area contributed by atoms with Crippen molar-refractivity contribution in [3.63, 3.8) is 0 Å². The molecule has 0 bridgehead atoms. The number of aryl methyl sites for hydroxylation is 1. The van der Waals surface area contributed by atoms with Crippen LogP contribution in [0.4, 0.5) is 0 Å². The summed E-state index contributed by atoms with van der Waals surface area (Å²) in [5, 5.41) is 8.40. The lowest BCUT2D eigenvalue weighted by atomic mass is 9.94. The van der Waals surface area contributed by atoms with Gasteiger partial charge in [-0.1, -0.05) is 30.3 Å². The van der Waals surface area contributed by atoms with Crippen LogP contribution in [0.2, 0.25) is 0 Å². The number of aromatic nitrogens is 4. The van der Waals surface area contributed by atoms with Gasteiger partial charge in [0.05, 0.1) is 23.5 Å². The quantitative estimate of drug-likeness (QED) is 0.336. The van der Waals surface area contributed by atoms with Crippen molar-refractivity contribution in [3.05, 3.63) is 76.8 Å². The SMILES string of the molecule is CN(CC(=O)N1CCCC(Cc2nncn2Cc2ccccc2)C1)S(=O)(=O)c1ccc2c(c1)oc(=O)n2C. The minimum atomic E-state index is -3.96. The number of sulfonamides is 1. The van der Waals surface area contributed by atoms with Gasteiger partial charge in [0, 0.05) is 39.7 Å². The van der Waals surface area contributed by atoms with Gasteiger partial charge in [-0.25, -0.2) is 13.2 Å². The highest BCUT2D eigenvalue weighted by molar-refractivity contribution is 7.89. The molecule has 1 fully saturated rings. The second-order valence-corrected chi connectivity index (χ2v) is 11.8. The molecule has 1 aliphatic heterocycles. The summed E-state index contributed by atoms with van der Waals surface area (Å²) in [7, 11) is -1.04. The van der Waals surface area contributed by atoms with E-state index in [0.717, 1.165) is 28.5 Å². The van der Waals surface area contributed by atoms with Gasteiger partial charge < -0.3 is 13.9 Å². The third-order valence-corrected chi connectivity index (χ3v) is 8.86. The zero-order valence-corrected chi connectivity index (χ0v) is 22.2. The van der Waals surface area contributed by atoms with Crippen molar-refractivity contribution in [2.24, 2.45) is 13.0 Å². The van der Waals surface area contributed by atoms with Gasteiger partial charge in [0.2, 0.25) is 15.9 Å². The Morgan fingerprint density at radius 2 is 1.97 bits per heavy atom. The molecule has 1 aliphatic rings. The van der Waals surface area contributed by atoms with E-state index in [9.17, 15) is 18.0 Å². The number of fused-ring (bicyclic) bond motifs is 1. The molecule has 38 heavy (non-hydrogen) atoms. The molecule has 3 heterocycles. The van der Waals surface area contributed by atoms with Crippen molar-refractivity contribution in [1.29, 1.82) is 0 Å². The normalized spacial score (nSPS) is 16.4. The molecule has 200 valence electrons. The van der Waals surface area contributed by atoms with E-state index in [1.54, 1.807) is 18.3 Å². The Morgan fingerprint density at radius 1 is 1.18 bits per heavy atom. The van der Waals surface area contributed by atoms with E-state index in [-0.39, 0.29) is 28.8 Å². The van der Waals surface area contributed by atoms with E-state index in [1.165, 1.54) is 29.8 Å². The molecule has 0 radical (unpaired) electrons. The summed E-state index contributed by atoms with van der Waals surface area (Å²) in [4.78, 5) is 26.6. The van der Waals surface area contributed by atoms with Crippen molar-refractivity contribution in [2.75, 3.05) is 26.7 Å². The maximum atomic E-state index is 13.2. The van der Waals surface area contributed by atoms with Crippen molar-refractivity contribution in [2.45, 2.75) is 30.7 Å². The van der Waals surface area contributed by atoms with Crippen LogP contribution in [-0.4, -0.2) is 69.5 Å². The zero-order chi connectivity index (χ0) is 26.9. The first-order valence-electron chi connectivity index (χ1n) is 12.5. The molecule has 0 spiro atoms. The number of likely N-dealkylation sites (N-methyl/N-ethyl adjacent to an activating group) is 1. The van der Waals surface area contributed by atoms with Crippen LogP contribution < -0.4 is 5.76 Å². The highest BCUT2D eigenvalue weighted by Gasteiger charge is 2.29. The molecule has 1 saturated heterocycles. The van der Waals surface area contributed by atoms with Gasteiger partial charge in [-0.05, 0) is 36.5 Å². The molecule has 1 amide bonds. The summed E-state index contributed by atoms with van der Waals surface area (Å²) in [6.07, 6.45) is 4.21. The molecule has 0 N–H and O–H groups in total. The van der Waals surface area contributed by atoms with Crippen LogP contribution in [0, 0.1) is 5.92 Å². The van der Waals surface area contributed by atoms with Crippen LogP contribution in [0.3, 0.4) is 0 Å². The molecule has 2 aromatic heterocycles. The van der Waals surface area contributed by atoms with E-state index in [2.05, 4.69) is 22.3 Å². The zero-order valence-electron chi connectivity index (χ0n) is 21.4. The number of piperidine rings is 1. The number of benzene rings is 2. The van der Waals surface area contributed by atoms with Crippen molar-refractivity contribution in [3.8, 4) is 0 Å². The minimum Gasteiger partial charge on any atom is -0.408 e. The van der Waals surface area contributed by atoms with Crippen LogP contribution in [0.25, 0.3) is 11.1 Å². The molecular weight excluding hydrogens is 508 g/mol. The first kappa shape index (κ1) is 25.9. The fraction of sp³-hybridized carbons (Fsp3) is 0.385. The minimum absolute atomic E-state index is 0.0380. The second-order valence-electron chi connectivity index (χ2n) is 9.73. The Balaban J connectivity index is 1.22. The summed E-state index contributed by atoms with van der Waals surface area (Å²) in [6.45, 7) is 1.52. The van der Waals surface area contributed by atoms with Gasteiger partial charge in [0.25, 0.3) is 0 Å². The van der Waals surface area contributed by atoms with Gasteiger partial charge in [0.1, 0.15) is 12.2 Å². The number of oxazole rings is 1. The second kappa shape index (κ2) is 10.5. The molecule has 5 rings (SSSR count). The number of hydrogen-bond donors (Lipinski definition) is 0. The number of carbonyl (C=O) groups excluding carboxylic acids is 1. The third-order valence-electron chi connectivity index (χ3n) is 7.06. The third kappa shape index (κ3) is 5.27. The predicted molar refractivity (Wildman–Crippen MR) is 140 cm³/mol. The summed E-state index contributed by atoms with van der Waals surface area (Å²) in [6, 6.07) is 14.3. The molecule has 12 heteroatoms. The average molecular weight is 539 g/mol. The van der Waals surface area contributed by atoms with Gasteiger partial charge in [-0.2, -0.15) is 4.31 Å². The van der Waals surface area contributed by atoms with E-state index >= 15 is 0 Å². The average Bonchev–Trinajstić information content (AvgIpc) is 3.46. The topological polar surface area (TPSA) is 124 Å². The Labute approximate surface area is 220 Å². The molecule has 2 aromatic carbocycles. The standard InChI is InChI=1S/C26H30N6O5S/c1-29(38(35,36)21-10-11-22-23(14-21)37-26(34)30(22)2)17-25(33)31-12-6-9-20(16-31)13-24-28-27-18-32(24)15-19-7-4-3-5-8-19/h3-5,7-8,10-11,14,18,20H,6,9,12-13,15-17H2,1-2H3. The molecule has 0 aliphatic carbocycles. The fourth-order valence-corrected chi connectivity index (χ4v) is 6.03. The van der Waals surface area contributed by atoms with E-state index < -0.39 is 15.8 Å². The number of nitrogens with zero attached hydrogens (tertiary/aromatic N) is 6. The maximum Gasteiger partial charge on any atom is 0.419 e. The lowest BCUT2D eigenvalue weighted by Gasteiger charge is -2.33. The molecule has 0 saturated carbocycles.